The zero-order valence-corrected chi connectivity index (χ0v) is 10.4. The number of hydrogen-bond donors (Lipinski definition) is 2. The van der Waals surface area contributed by atoms with Gasteiger partial charge in [-0.15, -0.1) is 0 Å². The van der Waals surface area contributed by atoms with Gasteiger partial charge in [0, 0.05) is 6.54 Å². The van der Waals surface area contributed by atoms with E-state index in [4.69, 9.17) is 11.6 Å². The van der Waals surface area contributed by atoms with E-state index >= 15 is 0 Å². The maximum absolute atomic E-state index is 12.8. The molecule has 1 aromatic rings. The number of benzene rings is 1. The summed E-state index contributed by atoms with van der Waals surface area (Å²) in [7, 11) is 0. The lowest BCUT2D eigenvalue weighted by molar-refractivity contribution is -0.137. The van der Waals surface area contributed by atoms with E-state index in [1.165, 1.54) is 18.2 Å². The molecule has 0 aliphatic carbocycles. The van der Waals surface area contributed by atoms with Crippen LogP contribution in [0.2, 0.25) is 5.02 Å². The van der Waals surface area contributed by atoms with Crippen LogP contribution in [-0.4, -0.2) is 25.2 Å². The molecule has 106 valence electrons. The quantitative estimate of drug-likeness (QED) is 0.819. The van der Waals surface area contributed by atoms with Crippen LogP contribution in [0.1, 0.15) is 5.56 Å². The van der Waals surface area contributed by atoms with E-state index < -0.39 is 24.4 Å². The van der Waals surface area contributed by atoms with E-state index in [-0.39, 0.29) is 18.1 Å². The Kier molecular flexibility index (Phi) is 5.56. The highest BCUT2D eigenvalue weighted by Gasteiger charge is 2.27. The molecule has 8 heteroatoms. The van der Waals surface area contributed by atoms with E-state index in [0.29, 0.717) is 5.56 Å². The third-order valence-corrected chi connectivity index (χ3v) is 2.37. The molecule has 0 saturated carbocycles. The van der Waals surface area contributed by atoms with E-state index in [0.717, 1.165) is 0 Å². The van der Waals surface area contributed by atoms with Gasteiger partial charge in [-0.05, 0) is 17.7 Å². The third-order valence-electron chi connectivity index (χ3n) is 2.08. The standard InChI is InChI=1S/C11H11ClF4N2O/c12-8-3-7(1-2-9(8)13)4-17-5-10(19)18-6-11(14,15)16/h1-3,17H,4-6H2,(H,18,19). The Balaban J connectivity index is 2.30. The summed E-state index contributed by atoms with van der Waals surface area (Å²) in [6.45, 7) is -1.44. The summed E-state index contributed by atoms with van der Waals surface area (Å²) in [5, 5.41) is 4.29. The van der Waals surface area contributed by atoms with Gasteiger partial charge in [-0.2, -0.15) is 13.2 Å². The van der Waals surface area contributed by atoms with Gasteiger partial charge in [0.05, 0.1) is 11.6 Å². The minimum Gasteiger partial charge on any atom is -0.346 e. The van der Waals surface area contributed by atoms with Gasteiger partial charge in [-0.25, -0.2) is 4.39 Å². The lowest BCUT2D eigenvalue weighted by Crippen LogP contribution is -2.39. The summed E-state index contributed by atoms with van der Waals surface area (Å²) in [6.07, 6.45) is -4.43. The highest BCUT2D eigenvalue weighted by Crippen LogP contribution is 2.15. The summed E-state index contributed by atoms with van der Waals surface area (Å²) in [5.74, 6) is -1.33. The fraction of sp³-hybridized carbons (Fsp3) is 0.364. The Hall–Kier alpha value is -1.34. The van der Waals surface area contributed by atoms with Crippen LogP contribution in [0.4, 0.5) is 17.6 Å². The molecule has 1 amide bonds. The minimum absolute atomic E-state index is 0.0548. The number of alkyl halides is 3. The monoisotopic (exact) mass is 298 g/mol. The first-order valence-electron chi connectivity index (χ1n) is 5.26. The molecular formula is C11H11ClF4N2O. The first-order chi connectivity index (χ1) is 8.78. The molecule has 3 nitrogen and oxygen atoms in total. The zero-order valence-electron chi connectivity index (χ0n) is 9.65. The number of halogens is 5. The average molecular weight is 299 g/mol. The van der Waals surface area contributed by atoms with Gasteiger partial charge < -0.3 is 10.6 Å². The molecule has 2 N–H and O–H groups in total. The molecule has 0 bridgehead atoms. The average Bonchev–Trinajstić information content (AvgIpc) is 2.30. The van der Waals surface area contributed by atoms with Crippen molar-refractivity contribution in [3.63, 3.8) is 0 Å². The van der Waals surface area contributed by atoms with Crippen LogP contribution in [0.25, 0.3) is 0 Å². The first-order valence-corrected chi connectivity index (χ1v) is 5.64. The fourth-order valence-corrected chi connectivity index (χ4v) is 1.43. The molecule has 0 saturated heterocycles. The molecule has 1 rings (SSSR count). The Bertz CT molecular complexity index is 451. The Labute approximate surface area is 111 Å². The van der Waals surface area contributed by atoms with Crippen molar-refractivity contribution in [2.75, 3.05) is 13.1 Å². The highest BCUT2D eigenvalue weighted by molar-refractivity contribution is 6.30. The second-order valence-electron chi connectivity index (χ2n) is 3.74. The Morgan fingerprint density at radius 2 is 2.00 bits per heavy atom. The number of carbonyl (C=O) groups excluding carboxylic acids is 1. The molecule has 0 aliphatic heterocycles. The molecule has 0 unspecified atom stereocenters. The van der Waals surface area contributed by atoms with Gasteiger partial charge in [0.2, 0.25) is 5.91 Å². The molecule has 0 heterocycles. The molecule has 0 aliphatic rings. The Morgan fingerprint density at radius 1 is 1.32 bits per heavy atom. The summed E-state index contributed by atoms with van der Waals surface area (Å²) < 4.78 is 48.2. The van der Waals surface area contributed by atoms with Gasteiger partial charge >= 0.3 is 6.18 Å². The van der Waals surface area contributed by atoms with Gasteiger partial charge in [0.15, 0.2) is 0 Å². The first kappa shape index (κ1) is 15.7. The predicted molar refractivity (Wildman–Crippen MR) is 62.2 cm³/mol. The number of rotatable bonds is 5. The summed E-state index contributed by atoms with van der Waals surface area (Å²) >= 11 is 5.55. The molecule has 0 atom stereocenters. The van der Waals surface area contributed by atoms with E-state index in [2.05, 4.69) is 5.32 Å². The number of hydrogen-bond acceptors (Lipinski definition) is 2. The van der Waals surface area contributed by atoms with Crippen molar-refractivity contribution in [2.24, 2.45) is 0 Å². The van der Waals surface area contributed by atoms with Crippen LogP contribution >= 0.6 is 11.6 Å². The fourth-order valence-electron chi connectivity index (χ4n) is 1.23. The second-order valence-corrected chi connectivity index (χ2v) is 4.15. The topological polar surface area (TPSA) is 41.1 Å². The molecular weight excluding hydrogens is 288 g/mol. The predicted octanol–water partition coefficient (Wildman–Crippen LogP) is 2.25. The van der Waals surface area contributed by atoms with Crippen molar-refractivity contribution < 1.29 is 22.4 Å². The molecule has 0 radical (unpaired) electrons. The van der Waals surface area contributed by atoms with Crippen molar-refractivity contribution in [1.82, 2.24) is 10.6 Å². The van der Waals surface area contributed by atoms with Crippen molar-refractivity contribution in [3.05, 3.63) is 34.6 Å². The van der Waals surface area contributed by atoms with E-state index in [9.17, 15) is 22.4 Å². The number of amides is 1. The largest absolute Gasteiger partial charge is 0.405 e. The molecule has 0 aromatic heterocycles. The smallest absolute Gasteiger partial charge is 0.346 e. The maximum Gasteiger partial charge on any atom is 0.405 e. The van der Waals surface area contributed by atoms with E-state index in [1.54, 1.807) is 5.32 Å². The zero-order chi connectivity index (χ0) is 14.5. The summed E-state index contributed by atoms with van der Waals surface area (Å²) in [5.41, 5.74) is 0.620. The lowest BCUT2D eigenvalue weighted by atomic mass is 10.2. The van der Waals surface area contributed by atoms with Gasteiger partial charge in [-0.1, -0.05) is 17.7 Å². The Morgan fingerprint density at radius 3 is 2.58 bits per heavy atom. The van der Waals surface area contributed by atoms with Crippen LogP contribution in [-0.2, 0) is 11.3 Å². The van der Waals surface area contributed by atoms with Crippen molar-refractivity contribution in [2.45, 2.75) is 12.7 Å². The summed E-state index contributed by atoms with van der Waals surface area (Å²) in [4.78, 5) is 11.0. The second kappa shape index (κ2) is 6.72. The van der Waals surface area contributed by atoms with Crippen LogP contribution < -0.4 is 10.6 Å². The third kappa shape index (κ3) is 6.40. The maximum atomic E-state index is 12.8. The van der Waals surface area contributed by atoms with Gasteiger partial charge in [-0.3, -0.25) is 4.79 Å². The van der Waals surface area contributed by atoms with Crippen LogP contribution in [0.3, 0.4) is 0 Å². The molecule has 19 heavy (non-hydrogen) atoms. The molecule has 1 aromatic carbocycles. The molecule has 0 fully saturated rings. The van der Waals surface area contributed by atoms with Crippen LogP contribution in [0, 0.1) is 5.82 Å². The highest BCUT2D eigenvalue weighted by atomic mass is 35.5. The molecule has 0 spiro atoms. The minimum atomic E-state index is -4.43. The van der Waals surface area contributed by atoms with Crippen molar-refractivity contribution in [3.8, 4) is 0 Å². The van der Waals surface area contributed by atoms with E-state index in [1.807, 2.05) is 0 Å². The SMILES string of the molecule is O=C(CNCc1ccc(F)c(Cl)c1)NCC(F)(F)F. The van der Waals surface area contributed by atoms with Crippen molar-refractivity contribution >= 4 is 17.5 Å². The van der Waals surface area contributed by atoms with Gasteiger partial charge in [0.1, 0.15) is 12.4 Å². The van der Waals surface area contributed by atoms with Crippen molar-refractivity contribution in [1.29, 1.82) is 0 Å². The number of nitrogens with one attached hydrogen (secondary N) is 2. The van der Waals surface area contributed by atoms with Crippen LogP contribution in [0.5, 0.6) is 0 Å². The van der Waals surface area contributed by atoms with Crippen LogP contribution in [0.15, 0.2) is 18.2 Å². The number of carbonyl (C=O) groups is 1. The van der Waals surface area contributed by atoms with Gasteiger partial charge in [0.25, 0.3) is 0 Å². The lowest BCUT2D eigenvalue weighted by Gasteiger charge is -2.09. The normalized spacial score (nSPS) is 11.4. The summed E-state index contributed by atoms with van der Waals surface area (Å²) in [6, 6.07) is 4.00.